The van der Waals surface area contributed by atoms with Crippen LogP contribution in [0, 0.1) is 0 Å². The molecule has 1 aromatic carbocycles. The largest absolute Gasteiger partial charge is 0.481 e. The third-order valence-electron chi connectivity index (χ3n) is 10.9. The summed E-state index contributed by atoms with van der Waals surface area (Å²) >= 11 is 1.48. The maximum absolute atomic E-state index is 13.6. The standard InChI is InChI=1S/C43H60N10O15S/c54-35(23-50-12-14-51(24-37(57)58)16-18-53(26-39(61)62)19-17-52(15-13-50)25-38(59)60)46-22-29-21-33(49-68-29)41(64)47-32(20-28-27-69-34-8-2-1-6-30(28)34)40(63)44-10-4-3-7-31(42(65)66)48-43(67)45-11-5-9-36(55)56/h1-2,6,8,21,27,31-32H,3-5,7,9-20,22-26H2,(H,44,63)(H,46,54)(H,47,64)(H,55,56)(H,57,58)(H,59,60)(H,61,62)(H,65,66)(H2,45,48,67)/t31-,32-/m0/s1. The van der Waals surface area contributed by atoms with Crippen LogP contribution >= 0.6 is 11.3 Å². The highest BCUT2D eigenvalue weighted by molar-refractivity contribution is 7.17. The van der Waals surface area contributed by atoms with E-state index >= 15 is 0 Å². The molecular formula is C43H60N10O15S. The van der Waals surface area contributed by atoms with Crippen molar-refractivity contribution in [1.29, 1.82) is 0 Å². The van der Waals surface area contributed by atoms with Crippen LogP contribution in [0.15, 0.2) is 40.2 Å². The van der Waals surface area contributed by atoms with Gasteiger partial charge in [-0.05, 0) is 48.1 Å². The summed E-state index contributed by atoms with van der Waals surface area (Å²) in [4.78, 5) is 116. The van der Waals surface area contributed by atoms with Gasteiger partial charge in [0.25, 0.3) is 5.91 Å². The average molecular weight is 989 g/mol. The van der Waals surface area contributed by atoms with Crippen molar-refractivity contribution < 1.29 is 73.2 Å². The Bertz CT molecular complexity index is 2210. The summed E-state index contributed by atoms with van der Waals surface area (Å²) in [7, 11) is 0. The van der Waals surface area contributed by atoms with E-state index in [0.29, 0.717) is 12.8 Å². The number of fused-ring (bicyclic) bond motifs is 1. The Labute approximate surface area is 400 Å². The second kappa shape index (κ2) is 28.6. The molecule has 5 amide bonds. The quantitative estimate of drug-likeness (QED) is 0.0441. The SMILES string of the molecule is O=C(O)CCCNC(=O)N[C@@H](CCCCNC(=O)[C@H](Cc1csc2ccccc12)NC(=O)c1cc(CNC(=O)CN2CCN(CC(=O)O)CCN(CC(=O)O)CCN(CC(=O)O)CC2)on1)C(=O)O. The monoisotopic (exact) mass is 988 g/mol. The summed E-state index contributed by atoms with van der Waals surface area (Å²) in [6, 6.07) is 5.82. The number of carboxylic acids is 5. The van der Waals surface area contributed by atoms with E-state index in [9.17, 15) is 63.6 Å². The number of amides is 5. The third-order valence-corrected chi connectivity index (χ3v) is 11.9. The van der Waals surface area contributed by atoms with Crippen molar-refractivity contribution in [1.82, 2.24) is 51.3 Å². The maximum atomic E-state index is 13.6. The molecule has 3 heterocycles. The molecule has 0 saturated carbocycles. The first-order valence-corrected chi connectivity index (χ1v) is 23.1. The van der Waals surface area contributed by atoms with Crippen LogP contribution in [-0.2, 0) is 46.5 Å². The van der Waals surface area contributed by atoms with Crippen molar-refractivity contribution in [2.45, 2.75) is 57.2 Å². The molecule has 3 aromatic rings. The van der Waals surface area contributed by atoms with Crippen molar-refractivity contribution in [2.75, 3.05) is 91.6 Å². The van der Waals surface area contributed by atoms with E-state index in [1.165, 1.54) is 17.4 Å². The number of thiophene rings is 1. The molecule has 1 aliphatic rings. The van der Waals surface area contributed by atoms with Gasteiger partial charge in [0.1, 0.15) is 12.1 Å². The number of benzene rings is 1. The minimum absolute atomic E-state index is 0.0422. The Morgan fingerprint density at radius 3 is 1.78 bits per heavy atom. The second-order valence-corrected chi connectivity index (χ2v) is 17.2. The molecule has 69 heavy (non-hydrogen) atoms. The number of carbonyl (C=O) groups is 9. The van der Waals surface area contributed by atoms with Gasteiger partial charge in [0, 0.05) is 89.1 Å². The molecule has 1 fully saturated rings. The van der Waals surface area contributed by atoms with Gasteiger partial charge in [0.2, 0.25) is 11.8 Å². The normalized spacial score (nSPS) is 15.4. The summed E-state index contributed by atoms with van der Waals surface area (Å²) in [5.41, 5.74) is 0.632. The number of urea groups is 1. The predicted octanol–water partition coefficient (Wildman–Crippen LogP) is -0.774. The highest BCUT2D eigenvalue weighted by atomic mass is 32.1. The van der Waals surface area contributed by atoms with Crippen LogP contribution in [0.5, 0.6) is 0 Å². The Hall–Kier alpha value is -6.74. The Morgan fingerprint density at radius 2 is 1.22 bits per heavy atom. The van der Waals surface area contributed by atoms with Crippen LogP contribution in [0.3, 0.4) is 0 Å². The van der Waals surface area contributed by atoms with Gasteiger partial charge in [-0.15, -0.1) is 11.3 Å². The number of aliphatic carboxylic acids is 5. The molecule has 2 aromatic heterocycles. The van der Waals surface area contributed by atoms with E-state index in [1.807, 2.05) is 29.6 Å². The van der Waals surface area contributed by atoms with Gasteiger partial charge < -0.3 is 56.6 Å². The van der Waals surface area contributed by atoms with E-state index in [0.717, 1.165) is 15.6 Å². The number of unbranched alkanes of at least 4 members (excludes halogenated alkanes) is 1. The number of aromatic nitrogens is 1. The molecule has 0 bridgehead atoms. The Balaban J connectivity index is 1.34. The highest BCUT2D eigenvalue weighted by Gasteiger charge is 2.26. The minimum Gasteiger partial charge on any atom is -0.481 e. The number of nitrogens with zero attached hydrogens (tertiary/aromatic N) is 5. The van der Waals surface area contributed by atoms with Crippen molar-refractivity contribution in [3.05, 3.63) is 52.7 Å². The molecule has 26 heteroatoms. The fourth-order valence-electron chi connectivity index (χ4n) is 7.30. The lowest BCUT2D eigenvalue weighted by Crippen LogP contribution is -2.49. The maximum Gasteiger partial charge on any atom is 0.326 e. The average Bonchev–Trinajstić information content (AvgIpc) is 3.94. The lowest BCUT2D eigenvalue weighted by atomic mass is 10.0. The fourth-order valence-corrected chi connectivity index (χ4v) is 8.28. The number of rotatable bonds is 26. The van der Waals surface area contributed by atoms with E-state index in [4.69, 9.17) is 9.63 Å². The zero-order valence-electron chi connectivity index (χ0n) is 37.9. The first kappa shape index (κ1) is 54.9. The molecule has 10 N–H and O–H groups in total. The molecule has 0 unspecified atom stereocenters. The van der Waals surface area contributed by atoms with Crippen molar-refractivity contribution in [2.24, 2.45) is 0 Å². The zero-order valence-corrected chi connectivity index (χ0v) is 38.7. The lowest BCUT2D eigenvalue weighted by Gasteiger charge is -2.32. The van der Waals surface area contributed by atoms with Gasteiger partial charge in [-0.2, -0.15) is 0 Å². The molecule has 0 aliphatic carbocycles. The van der Waals surface area contributed by atoms with Crippen LogP contribution in [0.25, 0.3) is 10.1 Å². The Kier molecular flexibility index (Phi) is 22.7. The first-order valence-electron chi connectivity index (χ1n) is 22.3. The topological polar surface area (TPSA) is 354 Å². The molecule has 1 aliphatic heterocycles. The van der Waals surface area contributed by atoms with Crippen LogP contribution in [0.2, 0.25) is 0 Å². The van der Waals surface area contributed by atoms with E-state index in [-0.39, 0.29) is 135 Å². The van der Waals surface area contributed by atoms with Gasteiger partial charge in [-0.1, -0.05) is 23.4 Å². The number of hydrogen-bond donors (Lipinski definition) is 10. The minimum atomic E-state index is -1.26. The molecular weight excluding hydrogens is 929 g/mol. The summed E-state index contributed by atoms with van der Waals surface area (Å²) in [5.74, 6) is -7.13. The van der Waals surface area contributed by atoms with Crippen molar-refractivity contribution >= 4 is 75.0 Å². The first-order chi connectivity index (χ1) is 32.9. The molecule has 25 nitrogen and oxygen atoms in total. The molecule has 378 valence electrons. The fraction of sp³-hybridized carbons (Fsp3) is 0.535. The lowest BCUT2D eigenvalue weighted by molar-refractivity contribution is -0.140. The van der Waals surface area contributed by atoms with Crippen LogP contribution < -0.4 is 26.6 Å². The van der Waals surface area contributed by atoms with Gasteiger partial charge in [-0.25, -0.2) is 9.59 Å². The van der Waals surface area contributed by atoms with Gasteiger partial charge >= 0.3 is 35.9 Å². The molecule has 0 radical (unpaired) electrons. The molecule has 2 atom stereocenters. The number of hydrogen-bond acceptors (Lipinski definition) is 16. The summed E-state index contributed by atoms with van der Waals surface area (Å²) in [5, 5.41) is 66.4. The Morgan fingerprint density at radius 1 is 0.652 bits per heavy atom. The van der Waals surface area contributed by atoms with Gasteiger partial charge in [0.15, 0.2) is 11.5 Å². The number of carbonyl (C=O) groups excluding carboxylic acids is 4. The van der Waals surface area contributed by atoms with Gasteiger partial charge in [0.05, 0.1) is 32.7 Å². The zero-order chi connectivity index (χ0) is 50.3. The smallest absolute Gasteiger partial charge is 0.326 e. The van der Waals surface area contributed by atoms with Crippen LogP contribution in [0.4, 0.5) is 4.79 Å². The molecule has 1 saturated heterocycles. The predicted molar refractivity (Wildman–Crippen MR) is 245 cm³/mol. The summed E-state index contributed by atoms with van der Waals surface area (Å²) < 4.78 is 6.33. The van der Waals surface area contributed by atoms with E-state index in [2.05, 4.69) is 31.7 Å². The number of carboxylic acid groups (broad SMARTS) is 5. The van der Waals surface area contributed by atoms with Crippen LogP contribution in [0.1, 0.15) is 53.9 Å². The van der Waals surface area contributed by atoms with Crippen molar-refractivity contribution in [3.8, 4) is 0 Å². The van der Waals surface area contributed by atoms with E-state index in [1.54, 1.807) is 19.6 Å². The summed E-state index contributed by atoms with van der Waals surface area (Å²) in [6.45, 7) is 0.671. The highest BCUT2D eigenvalue weighted by Crippen LogP contribution is 2.26. The second-order valence-electron chi connectivity index (χ2n) is 16.3. The molecule has 4 rings (SSSR count). The van der Waals surface area contributed by atoms with Crippen molar-refractivity contribution in [3.63, 3.8) is 0 Å². The third kappa shape index (κ3) is 20.6. The van der Waals surface area contributed by atoms with Crippen LogP contribution in [-0.4, -0.2) is 208 Å². The summed E-state index contributed by atoms with van der Waals surface area (Å²) in [6.07, 6.45) is 0.798. The molecule has 0 spiro atoms. The van der Waals surface area contributed by atoms with E-state index < -0.39 is 65.7 Å². The number of nitrogens with one attached hydrogen (secondary N) is 5. The van der Waals surface area contributed by atoms with Gasteiger partial charge in [-0.3, -0.25) is 53.2 Å².